The van der Waals surface area contributed by atoms with Crippen LogP contribution in [0.5, 0.6) is 0 Å². The Morgan fingerprint density at radius 3 is 2.70 bits per heavy atom. The summed E-state index contributed by atoms with van der Waals surface area (Å²) in [5.41, 5.74) is -0.275. The van der Waals surface area contributed by atoms with Crippen molar-refractivity contribution in [3.8, 4) is 0 Å². The Morgan fingerprint density at radius 1 is 1.55 bits per heavy atom. The molecular formula is C12H11BrN2O5. The number of carbonyl (C=O) groups excluding carboxylic acids is 1. The smallest absolute Gasteiger partial charge is 0.326 e. The van der Waals surface area contributed by atoms with Crippen molar-refractivity contribution in [1.82, 2.24) is 5.32 Å². The van der Waals surface area contributed by atoms with E-state index in [9.17, 15) is 19.7 Å². The van der Waals surface area contributed by atoms with Gasteiger partial charge in [0.2, 0.25) is 0 Å². The number of hydrogen-bond donors (Lipinski definition) is 2. The van der Waals surface area contributed by atoms with E-state index in [0.717, 1.165) is 0 Å². The summed E-state index contributed by atoms with van der Waals surface area (Å²) in [6.07, 6.45) is 1.41. The fourth-order valence-electron chi connectivity index (χ4n) is 1.46. The van der Waals surface area contributed by atoms with Crippen LogP contribution in [0.25, 0.3) is 0 Å². The van der Waals surface area contributed by atoms with E-state index in [4.69, 9.17) is 5.11 Å². The average molecular weight is 343 g/mol. The summed E-state index contributed by atoms with van der Waals surface area (Å²) in [7, 11) is 0. The van der Waals surface area contributed by atoms with Crippen LogP contribution in [0.2, 0.25) is 0 Å². The van der Waals surface area contributed by atoms with Crippen LogP contribution in [-0.4, -0.2) is 27.9 Å². The van der Waals surface area contributed by atoms with E-state index in [0.29, 0.717) is 0 Å². The van der Waals surface area contributed by atoms with Gasteiger partial charge in [0.05, 0.1) is 10.5 Å². The number of nitrogens with one attached hydrogen (secondary N) is 1. The number of carboxylic acid groups (broad SMARTS) is 1. The minimum Gasteiger partial charge on any atom is -0.480 e. The third kappa shape index (κ3) is 3.64. The number of nitrogens with zero attached hydrogens (tertiary/aromatic N) is 1. The average Bonchev–Trinajstić information content (AvgIpc) is 2.37. The van der Waals surface area contributed by atoms with E-state index < -0.39 is 22.8 Å². The first-order chi connectivity index (χ1) is 9.38. The highest BCUT2D eigenvalue weighted by molar-refractivity contribution is 9.10. The molecule has 7 nitrogen and oxygen atoms in total. The lowest BCUT2D eigenvalue weighted by Crippen LogP contribution is -2.40. The summed E-state index contributed by atoms with van der Waals surface area (Å²) in [6.45, 7) is 3.40. The first-order valence-electron chi connectivity index (χ1n) is 5.46. The fourth-order valence-corrected chi connectivity index (χ4v) is 2.05. The number of benzene rings is 1. The van der Waals surface area contributed by atoms with E-state index in [-0.39, 0.29) is 22.1 Å². The molecule has 0 aromatic heterocycles. The maximum Gasteiger partial charge on any atom is 0.326 e. The summed E-state index contributed by atoms with van der Waals surface area (Å²) in [4.78, 5) is 33.0. The molecule has 0 saturated heterocycles. The van der Waals surface area contributed by atoms with Crippen LogP contribution in [0.3, 0.4) is 0 Å². The second-order valence-electron chi connectivity index (χ2n) is 3.78. The van der Waals surface area contributed by atoms with E-state index in [1.165, 1.54) is 24.3 Å². The molecule has 0 fully saturated rings. The lowest BCUT2D eigenvalue weighted by Gasteiger charge is -2.13. The molecule has 20 heavy (non-hydrogen) atoms. The van der Waals surface area contributed by atoms with Crippen LogP contribution >= 0.6 is 15.9 Å². The molecule has 0 aliphatic rings. The lowest BCUT2D eigenvalue weighted by molar-refractivity contribution is -0.385. The Kier molecular flexibility index (Phi) is 5.39. The zero-order valence-corrected chi connectivity index (χ0v) is 11.8. The van der Waals surface area contributed by atoms with Gasteiger partial charge in [0, 0.05) is 6.07 Å². The monoisotopic (exact) mass is 342 g/mol. The van der Waals surface area contributed by atoms with Crippen LogP contribution < -0.4 is 5.32 Å². The maximum absolute atomic E-state index is 12.0. The fraction of sp³-hybridized carbons (Fsp3) is 0.167. The second-order valence-corrected chi connectivity index (χ2v) is 4.58. The third-order valence-corrected chi connectivity index (χ3v) is 3.26. The van der Waals surface area contributed by atoms with Crippen molar-refractivity contribution < 1.29 is 19.6 Å². The van der Waals surface area contributed by atoms with Crippen molar-refractivity contribution in [2.45, 2.75) is 12.5 Å². The predicted molar refractivity (Wildman–Crippen MR) is 74.5 cm³/mol. The Hall–Kier alpha value is -2.22. The largest absolute Gasteiger partial charge is 0.480 e. The highest BCUT2D eigenvalue weighted by Gasteiger charge is 2.23. The van der Waals surface area contributed by atoms with Crippen LogP contribution in [0.1, 0.15) is 16.8 Å². The molecule has 106 valence electrons. The van der Waals surface area contributed by atoms with Gasteiger partial charge < -0.3 is 10.4 Å². The molecular weight excluding hydrogens is 332 g/mol. The molecule has 0 bridgehead atoms. The van der Waals surface area contributed by atoms with Crippen molar-refractivity contribution >= 4 is 33.5 Å². The van der Waals surface area contributed by atoms with Crippen molar-refractivity contribution in [3.63, 3.8) is 0 Å². The van der Waals surface area contributed by atoms with Gasteiger partial charge in [0.15, 0.2) is 0 Å². The van der Waals surface area contributed by atoms with Gasteiger partial charge in [-0.1, -0.05) is 12.1 Å². The Bertz CT molecular complexity index is 573. The van der Waals surface area contributed by atoms with Gasteiger partial charge in [-0.15, -0.1) is 6.58 Å². The normalized spacial score (nSPS) is 11.4. The first kappa shape index (κ1) is 15.8. The van der Waals surface area contributed by atoms with Crippen LogP contribution in [0, 0.1) is 10.1 Å². The number of nitro groups is 1. The van der Waals surface area contributed by atoms with Crippen molar-refractivity contribution in [2.24, 2.45) is 0 Å². The Labute approximate surface area is 122 Å². The molecule has 1 unspecified atom stereocenters. The Balaban J connectivity index is 3.03. The number of rotatable bonds is 6. The summed E-state index contributed by atoms with van der Waals surface area (Å²) in [6, 6.07) is 2.81. The highest BCUT2D eigenvalue weighted by Crippen LogP contribution is 2.28. The minimum atomic E-state index is -1.21. The van der Waals surface area contributed by atoms with Gasteiger partial charge in [0.1, 0.15) is 10.5 Å². The number of carbonyl (C=O) groups is 2. The maximum atomic E-state index is 12.0. The molecule has 2 N–H and O–H groups in total. The number of carboxylic acids is 1. The van der Waals surface area contributed by atoms with Gasteiger partial charge in [-0.25, -0.2) is 4.79 Å². The minimum absolute atomic E-state index is 0.00485. The van der Waals surface area contributed by atoms with Crippen molar-refractivity contribution in [1.29, 1.82) is 0 Å². The van der Waals surface area contributed by atoms with E-state index in [2.05, 4.69) is 27.8 Å². The SMILES string of the molecule is C=CCC(NC(=O)c1cccc([N+](=O)[O-])c1Br)C(=O)O. The molecule has 0 spiro atoms. The summed E-state index contributed by atoms with van der Waals surface area (Å²) in [5, 5.41) is 22.0. The molecule has 0 heterocycles. The van der Waals surface area contributed by atoms with Gasteiger partial charge in [-0.3, -0.25) is 14.9 Å². The van der Waals surface area contributed by atoms with E-state index >= 15 is 0 Å². The number of hydrogen-bond acceptors (Lipinski definition) is 4. The van der Waals surface area contributed by atoms with Crippen molar-refractivity contribution in [2.75, 3.05) is 0 Å². The highest BCUT2D eigenvalue weighted by atomic mass is 79.9. The zero-order chi connectivity index (χ0) is 15.3. The van der Waals surface area contributed by atoms with Gasteiger partial charge in [0.25, 0.3) is 11.6 Å². The molecule has 1 atom stereocenters. The van der Waals surface area contributed by atoms with Gasteiger partial charge in [-0.05, 0) is 28.4 Å². The standard InChI is InChI=1S/C12H11BrN2O5/c1-2-4-8(12(17)18)14-11(16)7-5-3-6-9(10(7)13)15(19)20/h2-3,5-6,8H,1,4H2,(H,14,16)(H,17,18). The Morgan fingerprint density at radius 2 is 2.20 bits per heavy atom. The molecule has 1 aromatic carbocycles. The second kappa shape index (κ2) is 6.80. The number of amides is 1. The number of aliphatic carboxylic acids is 1. The third-order valence-electron chi connectivity index (χ3n) is 2.43. The lowest BCUT2D eigenvalue weighted by atomic mass is 10.1. The molecule has 8 heteroatoms. The quantitative estimate of drug-likeness (QED) is 0.467. The van der Waals surface area contributed by atoms with Gasteiger partial charge in [-0.2, -0.15) is 0 Å². The molecule has 0 aliphatic heterocycles. The summed E-state index contributed by atoms with van der Waals surface area (Å²) >= 11 is 2.98. The molecule has 1 amide bonds. The molecule has 0 saturated carbocycles. The number of nitro benzene ring substituents is 1. The zero-order valence-electron chi connectivity index (χ0n) is 10.2. The van der Waals surface area contributed by atoms with E-state index in [1.807, 2.05) is 0 Å². The van der Waals surface area contributed by atoms with Crippen molar-refractivity contribution in [3.05, 3.63) is 51.0 Å². The summed E-state index contributed by atoms with van der Waals surface area (Å²) < 4.78 is 0.00485. The predicted octanol–water partition coefficient (Wildman–Crippen LogP) is 2.12. The molecule has 0 radical (unpaired) electrons. The van der Waals surface area contributed by atoms with Gasteiger partial charge >= 0.3 is 5.97 Å². The van der Waals surface area contributed by atoms with Crippen LogP contribution in [0.4, 0.5) is 5.69 Å². The molecule has 1 rings (SSSR count). The van der Waals surface area contributed by atoms with E-state index in [1.54, 1.807) is 0 Å². The van der Waals surface area contributed by atoms with Crippen LogP contribution in [-0.2, 0) is 4.79 Å². The topological polar surface area (TPSA) is 110 Å². The molecule has 0 aliphatic carbocycles. The number of halogens is 1. The van der Waals surface area contributed by atoms with Crippen LogP contribution in [0.15, 0.2) is 35.3 Å². The first-order valence-corrected chi connectivity index (χ1v) is 6.25. The molecule has 1 aromatic rings. The summed E-state index contributed by atoms with van der Waals surface area (Å²) in [5.74, 6) is -1.92.